The fourth-order valence-electron chi connectivity index (χ4n) is 2.71. The van der Waals surface area contributed by atoms with Crippen molar-refractivity contribution in [1.82, 2.24) is 9.88 Å². The van der Waals surface area contributed by atoms with Crippen LogP contribution in [0.25, 0.3) is 0 Å². The van der Waals surface area contributed by atoms with Crippen molar-refractivity contribution in [2.45, 2.75) is 19.3 Å². The predicted octanol–water partition coefficient (Wildman–Crippen LogP) is 2.26. The Balaban J connectivity index is 1.71. The molecule has 0 spiro atoms. The number of likely N-dealkylation sites (tertiary alicyclic amines) is 1. The maximum absolute atomic E-state index is 9.12. The van der Waals surface area contributed by atoms with Crippen LogP contribution in [0.3, 0.4) is 0 Å². The topological polar surface area (TPSA) is 75.7 Å². The number of nitrogens with one attached hydrogen (secondary N) is 1. The second kappa shape index (κ2) is 8.24. The molecule has 2 heterocycles. The van der Waals surface area contributed by atoms with Crippen LogP contribution in [0.2, 0.25) is 0 Å². The molecule has 2 atom stereocenters. The van der Waals surface area contributed by atoms with E-state index >= 15 is 0 Å². The highest BCUT2D eigenvalue weighted by Gasteiger charge is 2.24. The summed E-state index contributed by atoms with van der Waals surface area (Å²) in [6, 6.07) is 10.3. The van der Waals surface area contributed by atoms with Crippen LogP contribution in [-0.2, 0) is 0 Å². The summed E-state index contributed by atoms with van der Waals surface area (Å²) in [5.41, 5.74) is 0. The third kappa shape index (κ3) is 5.06. The minimum atomic E-state index is -0.0212. The van der Waals surface area contributed by atoms with Crippen molar-refractivity contribution >= 4 is 5.82 Å². The maximum Gasteiger partial charge on any atom is 0.125 e. The summed E-state index contributed by atoms with van der Waals surface area (Å²) in [6.07, 6.45) is 4.09. The number of hydrogen-bond acceptors (Lipinski definition) is 5. The number of nitrogens with zero attached hydrogens (tertiary/aromatic N) is 4. The molecule has 2 rings (SSSR count). The van der Waals surface area contributed by atoms with Crippen molar-refractivity contribution in [3.05, 3.63) is 24.4 Å². The van der Waals surface area contributed by atoms with Gasteiger partial charge in [-0.05, 0) is 37.4 Å². The molecule has 1 N–H and O–H groups in total. The van der Waals surface area contributed by atoms with Gasteiger partial charge in [-0.25, -0.2) is 4.98 Å². The monoisotopic (exact) mass is 283 g/mol. The molecule has 1 aromatic heterocycles. The van der Waals surface area contributed by atoms with Crippen LogP contribution in [0.15, 0.2) is 24.4 Å². The Labute approximate surface area is 126 Å². The molecule has 0 aliphatic carbocycles. The van der Waals surface area contributed by atoms with Gasteiger partial charge in [0, 0.05) is 32.3 Å². The number of pyridine rings is 1. The van der Waals surface area contributed by atoms with Crippen LogP contribution >= 0.6 is 0 Å². The SMILES string of the molecule is N#CCC[C@H](C#N)CN1CC[C@@H](CNc2ccccn2)C1. The molecule has 0 bridgehead atoms. The molecule has 1 aliphatic heterocycles. The lowest BCUT2D eigenvalue weighted by Gasteiger charge is -2.19. The van der Waals surface area contributed by atoms with Crippen molar-refractivity contribution in [3.63, 3.8) is 0 Å². The normalized spacial score (nSPS) is 19.6. The van der Waals surface area contributed by atoms with Crippen LogP contribution in [0.1, 0.15) is 19.3 Å². The molecule has 0 aromatic carbocycles. The Bertz CT molecular complexity index is 502. The Hall–Kier alpha value is -2.11. The van der Waals surface area contributed by atoms with Gasteiger partial charge in [0.05, 0.1) is 18.1 Å². The highest BCUT2D eigenvalue weighted by Crippen LogP contribution is 2.19. The Morgan fingerprint density at radius 3 is 3.05 bits per heavy atom. The van der Waals surface area contributed by atoms with E-state index in [2.05, 4.69) is 27.3 Å². The second-order valence-electron chi connectivity index (χ2n) is 5.53. The number of rotatable bonds is 7. The van der Waals surface area contributed by atoms with Crippen LogP contribution in [0.4, 0.5) is 5.82 Å². The molecule has 0 amide bonds. The predicted molar refractivity (Wildman–Crippen MR) is 81.2 cm³/mol. The molecule has 5 heteroatoms. The fourth-order valence-corrected chi connectivity index (χ4v) is 2.71. The van der Waals surface area contributed by atoms with Crippen molar-refractivity contribution in [2.75, 3.05) is 31.5 Å². The summed E-state index contributed by atoms with van der Waals surface area (Å²) in [6.45, 7) is 3.77. The van der Waals surface area contributed by atoms with Gasteiger partial charge in [-0.15, -0.1) is 0 Å². The third-order valence-electron chi connectivity index (χ3n) is 3.87. The van der Waals surface area contributed by atoms with Gasteiger partial charge in [0.15, 0.2) is 0 Å². The second-order valence-corrected chi connectivity index (χ2v) is 5.53. The Morgan fingerprint density at radius 2 is 2.33 bits per heavy atom. The van der Waals surface area contributed by atoms with Gasteiger partial charge in [-0.1, -0.05) is 6.07 Å². The van der Waals surface area contributed by atoms with E-state index in [1.165, 1.54) is 0 Å². The number of hydrogen-bond donors (Lipinski definition) is 1. The summed E-state index contributed by atoms with van der Waals surface area (Å²) < 4.78 is 0. The van der Waals surface area contributed by atoms with Crippen LogP contribution < -0.4 is 5.32 Å². The number of aromatic nitrogens is 1. The minimum Gasteiger partial charge on any atom is -0.370 e. The molecule has 0 saturated carbocycles. The molecule has 1 fully saturated rings. The van der Waals surface area contributed by atoms with Gasteiger partial charge in [-0.3, -0.25) is 0 Å². The maximum atomic E-state index is 9.12. The zero-order valence-corrected chi connectivity index (χ0v) is 12.2. The summed E-state index contributed by atoms with van der Waals surface area (Å²) >= 11 is 0. The molecule has 0 unspecified atom stereocenters. The van der Waals surface area contributed by atoms with E-state index in [9.17, 15) is 0 Å². The first kappa shape index (κ1) is 15.3. The highest BCUT2D eigenvalue weighted by molar-refractivity contribution is 5.33. The lowest BCUT2D eigenvalue weighted by molar-refractivity contribution is 0.290. The van der Waals surface area contributed by atoms with Gasteiger partial charge >= 0.3 is 0 Å². The van der Waals surface area contributed by atoms with Gasteiger partial charge in [0.2, 0.25) is 0 Å². The molecule has 1 aliphatic rings. The number of nitriles is 2. The Morgan fingerprint density at radius 1 is 1.43 bits per heavy atom. The Kier molecular flexibility index (Phi) is 5.99. The largest absolute Gasteiger partial charge is 0.370 e. The lowest BCUT2D eigenvalue weighted by Crippen LogP contribution is -2.28. The number of anilines is 1. The summed E-state index contributed by atoms with van der Waals surface area (Å²) in [5.74, 6) is 1.49. The molecule has 5 nitrogen and oxygen atoms in total. The standard InChI is InChI=1S/C16H21N5/c17-7-3-4-14(10-18)12-21-9-6-15(13-21)11-20-16-5-1-2-8-19-16/h1-2,5,8,14-15H,3-4,6,9,11-13H2,(H,19,20)/t14-,15+/m1/s1. The van der Waals surface area contributed by atoms with Crippen molar-refractivity contribution in [1.29, 1.82) is 10.5 Å². The van der Waals surface area contributed by atoms with Crippen LogP contribution in [0, 0.1) is 34.5 Å². The highest BCUT2D eigenvalue weighted by atomic mass is 15.2. The smallest absolute Gasteiger partial charge is 0.125 e. The first-order chi connectivity index (χ1) is 10.3. The van der Waals surface area contributed by atoms with Gasteiger partial charge in [0.25, 0.3) is 0 Å². The zero-order chi connectivity index (χ0) is 14.9. The molecular formula is C16H21N5. The zero-order valence-electron chi connectivity index (χ0n) is 12.2. The van der Waals surface area contributed by atoms with Crippen LogP contribution in [0.5, 0.6) is 0 Å². The molecule has 21 heavy (non-hydrogen) atoms. The van der Waals surface area contributed by atoms with E-state index in [4.69, 9.17) is 10.5 Å². The average Bonchev–Trinajstić information content (AvgIpc) is 2.98. The fraction of sp³-hybridized carbons (Fsp3) is 0.562. The van der Waals surface area contributed by atoms with E-state index in [0.717, 1.165) is 38.4 Å². The average molecular weight is 283 g/mol. The van der Waals surface area contributed by atoms with Crippen LogP contribution in [-0.4, -0.2) is 36.1 Å². The first-order valence-electron chi connectivity index (χ1n) is 7.45. The molecule has 0 radical (unpaired) electrons. The molecule has 110 valence electrons. The lowest BCUT2D eigenvalue weighted by atomic mass is 10.1. The minimum absolute atomic E-state index is 0.0212. The van der Waals surface area contributed by atoms with E-state index in [-0.39, 0.29) is 5.92 Å². The van der Waals surface area contributed by atoms with E-state index < -0.39 is 0 Å². The third-order valence-corrected chi connectivity index (χ3v) is 3.87. The van der Waals surface area contributed by atoms with Crippen molar-refractivity contribution < 1.29 is 0 Å². The van der Waals surface area contributed by atoms with E-state index in [1.54, 1.807) is 6.20 Å². The quantitative estimate of drug-likeness (QED) is 0.830. The molecule has 1 saturated heterocycles. The van der Waals surface area contributed by atoms with E-state index in [1.807, 2.05) is 18.2 Å². The first-order valence-corrected chi connectivity index (χ1v) is 7.45. The van der Waals surface area contributed by atoms with Gasteiger partial charge < -0.3 is 10.2 Å². The van der Waals surface area contributed by atoms with E-state index in [0.29, 0.717) is 18.8 Å². The van der Waals surface area contributed by atoms with Gasteiger partial charge in [0.1, 0.15) is 5.82 Å². The summed E-state index contributed by atoms with van der Waals surface area (Å²) in [4.78, 5) is 6.60. The molecule has 1 aromatic rings. The van der Waals surface area contributed by atoms with Gasteiger partial charge in [-0.2, -0.15) is 10.5 Å². The summed E-state index contributed by atoms with van der Waals surface area (Å²) in [5, 5.41) is 21.1. The van der Waals surface area contributed by atoms with Crippen molar-refractivity contribution in [3.8, 4) is 12.1 Å². The molecular weight excluding hydrogens is 262 g/mol. The summed E-state index contributed by atoms with van der Waals surface area (Å²) in [7, 11) is 0. The van der Waals surface area contributed by atoms with Crippen molar-refractivity contribution in [2.24, 2.45) is 11.8 Å².